The minimum Gasteiger partial charge on any atom is -0.229 e. The molecule has 28 heavy (non-hydrogen) atoms. The SMILES string of the molecule is Cc1ccc(-c2csc3ncnc(SCc4cccc5ccccc45)c23)cc1. The molecule has 0 amide bonds. The Morgan fingerprint density at radius 1 is 0.893 bits per heavy atom. The summed E-state index contributed by atoms with van der Waals surface area (Å²) in [5.74, 6) is 0.886. The molecule has 0 atom stereocenters. The number of rotatable bonds is 4. The molecule has 0 fully saturated rings. The van der Waals surface area contributed by atoms with Crippen molar-refractivity contribution in [2.75, 3.05) is 0 Å². The molecule has 0 bridgehead atoms. The van der Waals surface area contributed by atoms with Crippen molar-refractivity contribution < 1.29 is 0 Å². The van der Waals surface area contributed by atoms with E-state index in [9.17, 15) is 0 Å². The van der Waals surface area contributed by atoms with Crippen LogP contribution in [0, 0.1) is 6.92 Å². The number of nitrogens with zero attached hydrogens (tertiary/aromatic N) is 2. The molecule has 2 aromatic heterocycles. The van der Waals surface area contributed by atoms with Crippen LogP contribution in [0.4, 0.5) is 0 Å². The van der Waals surface area contributed by atoms with Gasteiger partial charge in [0.2, 0.25) is 0 Å². The molecule has 0 aliphatic rings. The first-order valence-corrected chi connectivity index (χ1v) is 11.0. The zero-order valence-electron chi connectivity index (χ0n) is 15.4. The van der Waals surface area contributed by atoms with E-state index in [0.29, 0.717) is 0 Å². The molecule has 136 valence electrons. The van der Waals surface area contributed by atoms with Crippen LogP contribution >= 0.6 is 23.1 Å². The lowest BCUT2D eigenvalue weighted by Gasteiger charge is -2.08. The molecule has 2 heterocycles. The second-order valence-electron chi connectivity index (χ2n) is 6.80. The fourth-order valence-electron chi connectivity index (χ4n) is 3.47. The number of benzene rings is 3. The zero-order valence-corrected chi connectivity index (χ0v) is 17.1. The smallest absolute Gasteiger partial charge is 0.128 e. The summed E-state index contributed by atoms with van der Waals surface area (Å²) in [5.41, 5.74) is 5.05. The van der Waals surface area contributed by atoms with E-state index >= 15 is 0 Å². The molecule has 0 unspecified atom stereocenters. The number of aromatic nitrogens is 2. The third-order valence-electron chi connectivity index (χ3n) is 4.94. The second-order valence-corrected chi connectivity index (χ2v) is 8.62. The number of fused-ring (bicyclic) bond motifs is 2. The van der Waals surface area contributed by atoms with Gasteiger partial charge in [0.1, 0.15) is 16.2 Å². The predicted octanol–water partition coefficient (Wildman–Crippen LogP) is 7.11. The molecule has 0 aliphatic heterocycles. The lowest BCUT2D eigenvalue weighted by Crippen LogP contribution is -1.88. The maximum absolute atomic E-state index is 4.64. The Kier molecular flexibility index (Phi) is 4.59. The lowest BCUT2D eigenvalue weighted by atomic mass is 10.1. The van der Waals surface area contributed by atoms with Gasteiger partial charge in [-0.1, -0.05) is 72.3 Å². The van der Waals surface area contributed by atoms with Gasteiger partial charge in [-0.2, -0.15) is 0 Å². The third-order valence-corrected chi connectivity index (χ3v) is 6.87. The van der Waals surface area contributed by atoms with Crippen LogP contribution in [0.1, 0.15) is 11.1 Å². The van der Waals surface area contributed by atoms with Crippen molar-refractivity contribution in [3.05, 3.63) is 89.6 Å². The molecular formula is C24H18N2S2. The van der Waals surface area contributed by atoms with Gasteiger partial charge in [0.05, 0.1) is 5.39 Å². The standard InChI is InChI=1S/C24H18N2S2/c1-16-9-11-18(12-10-16)21-14-28-24-22(21)23(25-15-26-24)27-13-19-7-4-6-17-5-2-3-8-20(17)19/h2-12,14-15H,13H2,1H3. The third kappa shape index (κ3) is 3.19. The van der Waals surface area contributed by atoms with E-state index < -0.39 is 0 Å². The zero-order chi connectivity index (χ0) is 18.9. The normalized spacial score (nSPS) is 11.3. The summed E-state index contributed by atoms with van der Waals surface area (Å²) in [4.78, 5) is 10.2. The quantitative estimate of drug-likeness (QED) is 0.238. The van der Waals surface area contributed by atoms with Crippen LogP contribution in [0.15, 0.2) is 83.5 Å². The summed E-state index contributed by atoms with van der Waals surface area (Å²) in [7, 11) is 0. The molecule has 5 rings (SSSR count). The average Bonchev–Trinajstić information content (AvgIpc) is 3.17. The summed E-state index contributed by atoms with van der Waals surface area (Å²) in [5, 5.41) is 7.01. The van der Waals surface area contributed by atoms with Crippen molar-refractivity contribution in [2.45, 2.75) is 17.7 Å². The van der Waals surface area contributed by atoms with Gasteiger partial charge in [0, 0.05) is 16.7 Å². The molecule has 3 aromatic carbocycles. The minimum atomic E-state index is 0.886. The minimum absolute atomic E-state index is 0.886. The van der Waals surface area contributed by atoms with Crippen LogP contribution < -0.4 is 0 Å². The van der Waals surface area contributed by atoms with Crippen molar-refractivity contribution in [1.82, 2.24) is 9.97 Å². The van der Waals surface area contributed by atoms with Crippen molar-refractivity contribution in [3.63, 3.8) is 0 Å². The second kappa shape index (κ2) is 7.38. The van der Waals surface area contributed by atoms with Gasteiger partial charge in [-0.05, 0) is 28.8 Å². The molecule has 4 heteroatoms. The Labute approximate surface area is 172 Å². The molecule has 0 radical (unpaired) electrons. The number of thioether (sulfide) groups is 1. The molecular weight excluding hydrogens is 380 g/mol. The Hall–Kier alpha value is -2.69. The van der Waals surface area contributed by atoms with E-state index in [2.05, 4.69) is 89.0 Å². The van der Waals surface area contributed by atoms with Crippen molar-refractivity contribution >= 4 is 44.1 Å². The van der Waals surface area contributed by atoms with E-state index in [1.807, 2.05) is 0 Å². The number of aryl methyl sites for hydroxylation is 1. The summed E-state index contributed by atoms with van der Waals surface area (Å²) in [6.07, 6.45) is 1.68. The van der Waals surface area contributed by atoms with Gasteiger partial charge in [0.25, 0.3) is 0 Å². The molecule has 0 saturated carbocycles. The van der Waals surface area contributed by atoms with E-state index in [1.54, 1.807) is 29.4 Å². The van der Waals surface area contributed by atoms with Gasteiger partial charge in [-0.25, -0.2) is 9.97 Å². The van der Waals surface area contributed by atoms with Crippen LogP contribution in [-0.2, 0) is 5.75 Å². The Morgan fingerprint density at radius 3 is 2.61 bits per heavy atom. The summed E-state index contributed by atoms with van der Waals surface area (Å²) >= 11 is 3.48. The van der Waals surface area contributed by atoms with Gasteiger partial charge < -0.3 is 0 Å². The summed E-state index contributed by atoms with van der Waals surface area (Å²) in [6, 6.07) is 23.8. The number of hydrogen-bond donors (Lipinski definition) is 0. The summed E-state index contributed by atoms with van der Waals surface area (Å²) < 4.78 is 0. The number of thiophene rings is 1. The highest BCUT2D eigenvalue weighted by atomic mass is 32.2. The van der Waals surface area contributed by atoms with Gasteiger partial charge in [-0.15, -0.1) is 23.1 Å². The van der Waals surface area contributed by atoms with Crippen molar-refractivity contribution in [3.8, 4) is 11.1 Å². The van der Waals surface area contributed by atoms with E-state index in [4.69, 9.17) is 0 Å². The van der Waals surface area contributed by atoms with E-state index in [0.717, 1.165) is 15.6 Å². The lowest BCUT2D eigenvalue weighted by molar-refractivity contribution is 1.11. The van der Waals surface area contributed by atoms with Crippen molar-refractivity contribution in [1.29, 1.82) is 0 Å². The predicted molar refractivity (Wildman–Crippen MR) is 121 cm³/mol. The maximum Gasteiger partial charge on any atom is 0.128 e. The van der Waals surface area contributed by atoms with Crippen LogP contribution in [0.5, 0.6) is 0 Å². The highest BCUT2D eigenvalue weighted by Gasteiger charge is 2.14. The molecule has 0 saturated heterocycles. The van der Waals surface area contributed by atoms with Crippen molar-refractivity contribution in [2.24, 2.45) is 0 Å². The first-order chi connectivity index (χ1) is 13.8. The molecule has 0 aliphatic carbocycles. The topological polar surface area (TPSA) is 25.8 Å². The molecule has 5 aromatic rings. The molecule has 2 nitrogen and oxygen atoms in total. The maximum atomic E-state index is 4.64. The average molecular weight is 399 g/mol. The van der Waals surface area contributed by atoms with Crippen LogP contribution in [0.3, 0.4) is 0 Å². The Morgan fingerprint density at radius 2 is 1.71 bits per heavy atom. The molecule has 0 N–H and O–H groups in total. The van der Waals surface area contributed by atoms with Crippen LogP contribution in [0.2, 0.25) is 0 Å². The fourth-order valence-corrected chi connectivity index (χ4v) is 5.46. The number of hydrogen-bond acceptors (Lipinski definition) is 4. The van der Waals surface area contributed by atoms with Gasteiger partial charge in [-0.3, -0.25) is 0 Å². The largest absolute Gasteiger partial charge is 0.229 e. The van der Waals surface area contributed by atoms with E-state index in [-0.39, 0.29) is 0 Å². The van der Waals surface area contributed by atoms with Crippen LogP contribution in [-0.4, -0.2) is 9.97 Å². The van der Waals surface area contributed by atoms with Crippen LogP contribution in [0.25, 0.3) is 32.1 Å². The first kappa shape index (κ1) is 17.4. The first-order valence-electron chi connectivity index (χ1n) is 9.18. The Balaban J connectivity index is 1.54. The van der Waals surface area contributed by atoms with E-state index in [1.165, 1.54) is 38.4 Å². The van der Waals surface area contributed by atoms with Gasteiger partial charge in [0.15, 0.2) is 0 Å². The monoisotopic (exact) mass is 398 g/mol. The summed E-state index contributed by atoms with van der Waals surface area (Å²) in [6.45, 7) is 2.12. The molecule has 0 spiro atoms. The van der Waals surface area contributed by atoms with Gasteiger partial charge >= 0.3 is 0 Å². The highest BCUT2D eigenvalue weighted by Crippen LogP contribution is 2.39. The highest BCUT2D eigenvalue weighted by molar-refractivity contribution is 7.98. The fraction of sp³-hybridized carbons (Fsp3) is 0.0833. The Bertz CT molecular complexity index is 1270.